The summed E-state index contributed by atoms with van der Waals surface area (Å²) >= 11 is 0. The minimum Gasteiger partial charge on any atom is -0.444 e. The Morgan fingerprint density at radius 1 is 1.23 bits per heavy atom. The van der Waals surface area contributed by atoms with Crippen LogP contribution in [0.1, 0.15) is 74.7 Å². The first-order chi connectivity index (χ1) is 9.74. The van der Waals surface area contributed by atoms with Gasteiger partial charge in [-0.1, -0.05) is 27.7 Å². The summed E-state index contributed by atoms with van der Waals surface area (Å²) in [4.78, 5) is 11.8. The first-order valence-electron chi connectivity index (χ1n) is 8.42. The topological polar surface area (TPSA) is 58.6 Å². The number of hydrogen-bond donors (Lipinski definition) is 2. The zero-order chi connectivity index (χ0) is 17.3. The fraction of sp³-hybridized carbons (Fsp3) is 0.944. The fourth-order valence-corrected chi connectivity index (χ4v) is 3.72. The lowest BCUT2D eigenvalue weighted by atomic mass is 9.69. The molecule has 1 rings (SSSR count). The van der Waals surface area contributed by atoms with Gasteiger partial charge in [-0.05, 0) is 63.7 Å². The van der Waals surface area contributed by atoms with E-state index in [2.05, 4.69) is 33.0 Å². The molecular weight excluding hydrogens is 278 g/mol. The molecule has 4 heteroatoms. The molecule has 0 aromatic carbocycles. The van der Waals surface area contributed by atoms with Gasteiger partial charge < -0.3 is 15.2 Å². The lowest BCUT2D eigenvalue weighted by Gasteiger charge is -2.38. The van der Waals surface area contributed by atoms with Crippen molar-refractivity contribution in [3.8, 4) is 0 Å². The van der Waals surface area contributed by atoms with Crippen LogP contribution in [0.25, 0.3) is 0 Å². The largest absolute Gasteiger partial charge is 0.444 e. The summed E-state index contributed by atoms with van der Waals surface area (Å²) in [6.45, 7) is 16.5. The van der Waals surface area contributed by atoms with Crippen LogP contribution in [-0.4, -0.2) is 28.9 Å². The van der Waals surface area contributed by atoms with Crippen molar-refractivity contribution in [2.24, 2.45) is 16.7 Å². The van der Waals surface area contributed by atoms with Crippen LogP contribution in [0, 0.1) is 16.7 Å². The molecule has 130 valence electrons. The third-order valence-corrected chi connectivity index (χ3v) is 5.10. The van der Waals surface area contributed by atoms with Gasteiger partial charge in [0.05, 0.1) is 12.1 Å². The minimum absolute atomic E-state index is 0.232. The summed E-state index contributed by atoms with van der Waals surface area (Å²) in [5.41, 5.74) is -0.0591. The highest BCUT2D eigenvalue weighted by atomic mass is 16.6. The second-order valence-corrected chi connectivity index (χ2v) is 9.27. The molecule has 22 heavy (non-hydrogen) atoms. The molecule has 0 aromatic heterocycles. The number of alkyl carbamates (subject to hydrolysis) is 1. The molecule has 1 aliphatic rings. The molecule has 1 fully saturated rings. The average molecular weight is 313 g/mol. The molecule has 0 saturated heterocycles. The Morgan fingerprint density at radius 2 is 1.68 bits per heavy atom. The molecule has 2 N–H and O–H groups in total. The summed E-state index contributed by atoms with van der Waals surface area (Å²) in [6.07, 6.45) is 2.05. The van der Waals surface area contributed by atoms with Crippen LogP contribution in [0.15, 0.2) is 0 Å². The van der Waals surface area contributed by atoms with Gasteiger partial charge in [-0.2, -0.15) is 0 Å². The maximum Gasteiger partial charge on any atom is 0.407 e. The number of carbonyl (C=O) groups is 1. The first kappa shape index (κ1) is 19.3. The maximum atomic E-state index is 11.8. The van der Waals surface area contributed by atoms with E-state index in [-0.39, 0.29) is 16.9 Å². The van der Waals surface area contributed by atoms with Gasteiger partial charge in [-0.3, -0.25) is 0 Å². The van der Waals surface area contributed by atoms with Gasteiger partial charge >= 0.3 is 6.09 Å². The molecular formula is C18H35NO3. The van der Waals surface area contributed by atoms with Crippen molar-refractivity contribution >= 4 is 6.09 Å². The SMILES string of the molecule is CC(NC(=O)OC(C)(C)C)C(O)CC1C(C)(C)CCC1(C)C. The van der Waals surface area contributed by atoms with E-state index in [0.717, 1.165) is 0 Å². The summed E-state index contributed by atoms with van der Waals surface area (Å²) in [6, 6.07) is -0.318. The van der Waals surface area contributed by atoms with Crippen molar-refractivity contribution in [2.45, 2.75) is 92.4 Å². The van der Waals surface area contributed by atoms with E-state index in [4.69, 9.17) is 4.74 Å². The molecule has 1 amide bonds. The van der Waals surface area contributed by atoms with Crippen molar-refractivity contribution in [3.63, 3.8) is 0 Å². The molecule has 0 bridgehead atoms. The van der Waals surface area contributed by atoms with Crippen molar-refractivity contribution in [1.82, 2.24) is 5.32 Å². The quantitative estimate of drug-likeness (QED) is 0.821. The molecule has 0 spiro atoms. The fourth-order valence-electron chi connectivity index (χ4n) is 3.72. The number of carbonyl (C=O) groups excluding carboxylic acids is 1. The van der Waals surface area contributed by atoms with E-state index in [9.17, 15) is 9.90 Å². The molecule has 0 radical (unpaired) electrons. The second-order valence-electron chi connectivity index (χ2n) is 9.27. The minimum atomic E-state index is -0.561. The molecule has 0 aliphatic heterocycles. The predicted octanol–water partition coefficient (Wildman–Crippen LogP) is 4.11. The standard InChI is InChI=1S/C18H35NO3/c1-12(19-15(21)22-16(2,3)4)13(20)11-14-17(5,6)9-10-18(14,7)8/h12-14,20H,9-11H2,1-8H3,(H,19,21). The van der Waals surface area contributed by atoms with Gasteiger partial charge in [0, 0.05) is 0 Å². The van der Waals surface area contributed by atoms with Crippen LogP contribution < -0.4 is 5.32 Å². The monoisotopic (exact) mass is 313 g/mol. The number of rotatable bonds is 4. The lowest BCUT2D eigenvalue weighted by molar-refractivity contribution is 0.0292. The number of amides is 1. The molecule has 2 atom stereocenters. The lowest BCUT2D eigenvalue weighted by Crippen LogP contribution is -2.45. The third-order valence-electron chi connectivity index (χ3n) is 5.10. The van der Waals surface area contributed by atoms with Crippen molar-refractivity contribution in [3.05, 3.63) is 0 Å². The van der Waals surface area contributed by atoms with Gasteiger partial charge in [-0.25, -0.2) is 4.79 Å². The summed E-state index contributed by atoms with van der Waals surface area (Å²) in [7, 11) is 0. The zero-order valence-electron chi connectivity index (χ0n) is 15.6. The Labute approximate surface area is 136 Å². The van der Waals surface area contributed by atoms with Gasteiger partial charge in [-0.15, -0.1) is 0 Å². The van der Waals surface area contributed by atoms with Crippen LogP contribution >= 0.6 is 0 Å². The van der Waals surface area contributed by atoms with E-state index in [1.807, 2.05) is 27.7 Å². The summed E-state index contributed by atoms with van der Waals surface area (Å²) in [5, 5.41) is 13.3. The maximum absolute atomic E-state index is 11.8. The van der Waals surface area contributed by atoms with Gasteiger partial charge in [0.1, 0.15) is 5.60 Å². The predicted molar refractivity (Wildman–Crippen MR) is 89.7 cm³/mol. The highest BCUT2D eigenvalue weighted by Crippen LogP contribution is 2.55. The Morgan fingerprint density at radius 3 is 2.09 bits per heavy atom. The Bertz CT molecular complexity index is 380. The molecule has 0 aromatic rings. The first-order valence-corrected chi connectivity index (χ1v) is 8.42. The van der Waals surface area contributed by atoms with Gasteiger partial charge in [0.2, 0.25) is 0 Å². The van der Waals surface area contributed by atoms with E-state index >= 15 is 0 Å². The highest BCUT2D eigenvalue weighted by molar-refractivity contribution is 5.68. The molecule has 2 unspecified atom stereocenters. The van der Waals surface area contributed by atoms with Crippen LogP contribution in [0.2, 0.25) is 0 Å². The van der Waals surface area contributed by atoms with Gasteiger partial charge in [0.25, 0.3) is 0 Å². The van der Waals surface area contributed by atoms with Crippen molar-refractivity contribution < 1.29 is 14.6 Å². The van der Waals surface area contributed by atoms with Gasteiger partial charge in [0.15, 0.2) is 0 Å². The number of aliphatic hydroxyl groups is 1. The number of ether oxygens (including phenoxy) is 1. The summed E-state index contributed by atoms with van der Waals surface area (Å²) < 4.78 is 5.25. The molecule has 0 heterocycles. The van der Waals surface area contributed by atoms with Crippen molar-refractivity contribution in [1.29, 1.82) is 0 Å². The van der Waals surface area contributed by atoms with Crippen LogP contribution in [0.3, 0.4) is 0 Å². The smallest absolute Gasteiger partial charge is 0.407 e. The Hall–Kier alpha value is -0.770. The molecule has 1 aliphatic carbocycles. The number of aliphatic hydroxyl groups excluding tert-OH is 1. The number of hydrogen-bond acceptors (Lipinski definition) is 3. The second kappa shape index (κ2) is 6.38. The van der Waals surface area contributed by atoms with E-state index < -0.39 is 17.8 Å². The molecule has 4 nitrogen and oxygen atoms in total. The highest BCUT2D eigenvalue weighted by Gasteiger charge is 2.47. The molecule has 1 saturated carbocycles. The zero-order valence-corrected chi connectivity index (χ0v) is 15.6. The third kappa shape index (κ3) is 5.15. The normalized spacial score (nSPS) is 23.9. The van der Waals surface area contributed by atoms with Crippen LogP contribution in [0.5, 0.6) is 0 Å². The average Bonchev–Trinajstić information content (AvgIpc) is 2.49. The number of nitrogens with one attached hydrogen (secondary N) is 1. The van der Waals surface area contributed by atoms with E-state index in [1.54, 1.807) is 0 Å². The Kier molecular flexibility index (Phi) is 5.59. The van der Waals surface area contributed by atoms with Crippen LogP contribution in [0.4, 0.5) is 4.79 Å². The van der Waals surface area contributed by atoms with E-state index in [0.29, 0.717) is 12.3 Å². The summed E-state index contributed by atoms with van der Waals surface area (Å²) in [5.74, 6) is 0.442. The van der Waals surface area contributed by atoms with E-state index in [1.165, 1.54) is 12.8 Å². The van der Waals surface area contributed by atoms with Crippen molar-refractivity contribution in [2.75, 3.05) is 0 Å². The Balaban J connectivity index is 2.61. The van der Waals surface area contributed by atoms with Crippen LogP contribution in [-0.2, 0) is 4.74 Å².